The zero-order chi connectivity index (χ0) is 10.7. The summed E-state index contributed by atoms with van der Waals surface area (Å²) in [5.41, 5.74) is 0.648. The van der Waals surface area contributed by atoms with Crippen molar-refractivity contribution in [2.45, 2.75) is 31.7 Å². The quantitative estimate of drug-likeness (QED) is 0.821. The summed E-state index contributed by atoms with van der Waals surface area (Å²) in [5.74, 6) is -0.00981. The van der Waals surface area contributed by atoms with Crippen LogP contribution in [0, 0.1) is 0 Å². The predicted molar refractivity (Wildman–Crippen MR) is 61.2 cm³/mol. The van der Waals surface area contributed by atoms with Crippen molar-refractivity contribution in [2.75, 3.05) is 0 Å². The molecule has 1 saturated carbocycles. The highest BCUT2D eigenvalue weighted by atomic mass is 35.5. The van der Waals surface area contributed by atoms with Gasteiger partial charge in [-0.3, -0.25) is 4.79 Å². The molecule has 1 aromatic carbocycles. The smallest absolute Gasteiger partial charge is 0.251 e. The fourth-order valence-corrected chi connectivity index (χ4v) is 2.16. The SMILES string of the molecule is O=C(NC1CCCC1)c1cccc(Cl)c1. The molecule has 2 nitrogen and oxygen atoms in total. The predicted octanol–water partition coefficient (Wildman–Crippen LogP) is 3.01. The summed E-state index contributed by atoms with van der Waals surface area (Å²) < 4.78 is 0. The molecule has 15 heavy (non-hydrogen) atoms. The summed E-state index contributed by atoms with van der Waals surface area (Å²) in [4.78, 5) is 11.8. The highest BCUT2D eigenvalue weighted by Crippen LogP contribution is 2.18. The fourth-order valence-electron chi connectivity index (χ4n) is 1.97. The third-order valence-electron chi connectivity index (χ3n) is 2.78. The molecule has 0 aliphatic heterocycles. The Morgan fingerprint density at radius 1 is 1.33 bits per heavy atom. The van der Waals surface area contributed by atoms with Gasteiger partial charge in [-0.1, -0.05) is 30.5 Å². The number of carbonyl (C=O) groups excluding carboxylic acids is 1. The molecule has 0 saturated heterocycles. The van der Waals surface area contributed by atoms with Gasteiger partial charge in [-0.15, -0.1) is 0 Å². The number of rotatable bonds is 2. The minimum absolute atomic E-state index is 0.00981. The highest BCUT2D eigenvalue weighted by molar-refractivity contribution is 6.30. The number of benzene rings is 1. The normalized spacial score (nSPS) is 16.6. The summed E-state index contributed by atoms with van der Waals surface area (Å²) in [6.07, 6.45) is 4.65. The van der Waals surface area contributed by atoms with Crippen molar-refractivity contribution in [3.63, 3.8) is 0 Å². The second kappa shape index (κ2) is 4.67. The van der Waals surface area contributed by atoms with Crippen molar-refractivity contribution in [2.24, 2.45) is 0 Å². The van der Waals surface area contributed by atoms with Crippen LogP contribution < -0.4 is 5.32 Å². The van der Waals surface area contributed by atoms with Crippen molar-refractivity contribution in [1.82, 2.24) is 5.32 Å². The van der Waals surface area contributed by atoms with E-state index in [4.69, 9.17) is 11.6 Å². The average molecular weight is 224 g/mol. The van der Waals surface area contributed by atoms with Gasteiger partial charge in [0, 0.05) is 16.6 Å². The standard InChI is InChI=1S/C12H14ClNO/c13-10-5-3-4-9(8-10)12(15)14-11-6-1-2-7-11/h3-5,8,11H,1-2,6-7H2,(H,14,15). The molecule has 0 radical (unpaired) electrons. The molecule has 0 atom stereocenters. The van der Waals surface area contributed by atoms with Crippen molar-refractivity contribution >= 4 is 17.5 Å². The van der Waals surface area contributed by atoms with E-state index < -0.39 is 0 Å². The van der Waals surface area contributed by atoms with Crippen LogP contribution in [0.1, 0.15) is 36.0 Å². The second-order valence-electron chi connectivity index (χ2n) is 3.97. The molecule has 1 N–H and O–H groups in total. The summed E-state index contributed by atoms with van der Waals surface area (Å²) in [7, 11) is 0. The highest BCUT2D eigenvalue weighted by Gasteiger charge is 2.17. The third-order valence-corrected chi connectivity index (χ3v) is 3.01. The van der Waals surface area contributed by atoms with E-state index in [0.29, 0.717) is 16.6 Å². The molecule has 0 unspecified atom stereocenters. The molecular weight excluding hydrogens is 210 g/mol. The molecule has 1 aromatic rings. The van der Waals surface area contributed by atoms with Crippen molar-refractivity contribution in [1.29, 1.82) is 0 Å². The molecule has 0 aromatic heterocycles. The average Bonchev–Trinajstić information content (AvgIpc) is 2.70. The summed E-state index contributed by atoms with van der Waals surface area (Å²) in [5, 5.41) is 3.63. The second-order valence-corrected chi connectivity index (χ2v) is 4.40. The lowest BCUT2D eigenvalue weighted by atomic mass is 10.2. The largest absolute Gasteiger partial charge is 0.349 e. The molecule has 3 heteroatoms. The van der Waals surface area contributed by atoms with Gasteiger partial charge < -0.3 is 5.32 Å². The molecule has 1 fully saturated rings. The molecule has 80 valence electrons. The van der Waals surface area contributed by atoms with Gasteiger partial charge >= 0.3 is 0 Å². The van der Waals surface area contributed by atoms with E-state index in [1.807, 2.05) is 0 Å². The van der Waals surface area contributed by atoms with E-state index in [-0.39, 0.29) is 5.91 Å². The number of nitrogens with one attached hydrogen (secondary N) is 1. The Hall–Kier alpha value is -1.02. The molecule has 2 rings (SSSR count). The van der Waals surface area contributed by atoms with Gasteiger partial charge in [0.25, 0.3) is 5.91 Å². The Morgan fingerprint density at radius 2 is 2.07 bits per heavy atom. The maximum atomic E-state index is 11.8. The lowest BCUT2D eigenvalue weighted by molar-refractivity contribution is 0.0938. The lowest BCUT2D eigenvalue weighted by Crippen LogP contribution is -2.32. The van der Waals surface area contributed by atoms with Gasteiger partial charge in [-0.05, 0) is 31.0 Å². The molecule has 0 spiro atoms. The first-order chi connectivity index (χ1) is 7.25. The van der Waals surface area contributed by atoms with Crippen LogP contribution in [0.4, 0.5) is 0 Å². The Bertz CT molecular complexity index is 358. The maximum Gasteiger partial charge on any atom is 0.251 e. The molecule has 0 heterocycles. The number of carbonyl (C=O) groups is 1. The minimum atomic E-state index is -0.00981. The van der Waals surface area contributed by atoms with Gasteiger partial charge in [0.05, 0.1) is 0 Å². The number of hydrogen-bond donors (Lipinski definition) is 1. The fraction of sp³-hybridized carbons (Fsp3) is 0.417. The van der Waals surface area contributed by atoms with E-state index in [1.165, 1.54) is 12.8 Å². The van der Waals surface area contributed by atoms with Gasteiger partial charge in [-0.2, -0.15) is 0 Å². The summed E-state index contributed by atoms with van der Waals surface area (Å²) in [6.45, 7) is 0. The molecule has 1 aliphatic rings. The Labute approximate surface area is 94.6 Å². The van der Waals surface area contributed by atoms with Crippen molar-refractivity contribution < 1.29 is 4.79 Å². The topological polar surface area (TPSA) is 29.1 Å². The van der Waals surface area contributed by atoms with Crippen LogP contribution in [-0.2, 0) is 0 Å². The van der Waals surface area contributed by atoms with Crippen LogP contribution in [0.2, 0.25) is 5.02 Å². The Kier molecular flexibility index (Phi) is 3.27. The van der Waals surface area contributed by atoms with E-state index >= 15 is 0 Å². The van der Waals surface area contributed by atoms with Crippen LogP contribution in [0.25, 0.3) is 0 Å². The Morgan fingerprint density at radius 3 is 2.73 bits per heavy atom. The van der Waals surface area contributed by atoms with Gasteiger partial charge in [-0.25, -0.2) is 0 Å². The number of hydrogen-bond acceptors (Lipinski definition) is 1. The first-order valence-electron chi connectivity index (χ1n) is 5.32. The van der Waals surface area contributed by atoms with Gasteiger partial charge in [0.1, 0.15) is 0 Å². The minimum Gasteiger partial charge on any atom is -0.349 e. The van der Waals surface area contributed by atoms with Crippen LogP contribution >= 0.6 is 11.6 Å². The zero-order valence-corrected chi connectivity index (χ0v) is 9.26. The molecule has 0 bridgehead atoms. The van der Waals surface area contributed by atoms with E-state index in [1.54, 1.807) is 24.3 Å². The lowest BCUT2D eigenvalue weighted by Gasteiger charge is -2.11. The third kappa shape index (κ3) is 2.72. The van der Waals surface area contributed by atoms with E-state index in [0.717, 1.165) is 12.8 Å². The van der Waals surface area contributed by atoms with Crippen LogP contribution in [0.5, 0.6) is 0 Å². The van der Waals surface area contributed by atoms with Crippen LogP contribution in [0.15, 0.2) is 24.3 Å². The van der Waals surface area contributed by atoms with E-state index in [9.17, 15) is 4.79 Å². The Balaban J connectivity index is 2.01. The summed E-state index contributed by atoms with van der Waals surface area (Å²) in [6, 6.07) is 7.42. The zero-order valence-electron chi connectivity index (χ0n) is 8.50. The van der Waals surface area contributed by atoms with Crippen LogP contribution in [0.3, 0.4) is 0 Å². The molecular formula is C12H14ClNO. The van der Waals surface area contributed by atoms with Gasteiger partial charge in [0.15, 0.2) is 0 Å². The summed E-state index contributed by atoms with van der Waals surface area (Å²) >= 11 is 5.83. The first kappa shape index (κ1) is 10.5. The van der Waals surface area contributed by atoms with Gasteiger partial charge in [0.2, 0.25) is 0 Å². The monoisotopic (exact) mass is 223 g/mol. The van der Waals surface area contributed by atoms with Crippen molar-refractivity contribution in [3.8, 4) is 0 Å². The number of amides is 1. The first-order valence-corrected chi connectivity index (χ1v) is 5.70. The van der Waals surface area contributed by atoms with Crippen molar-refractivity contribution in [3.05, 3.63) is 34.9 Å². The molecule has 1 aliphatic carbocycles. The van der Waals surface area contributed by atoms with Crippen LogP contribution in [-0.4, -0.2) is 11.9 Å². The number of halogens is 1. The maximum absolute atomic E-state index is 11.8. The molecule has 1 amide bonds. The van der Waals surface area contributed by atoms with E-state index in [2.05, 4.69) is 5.32 Å².